The number of nitrogens with two attached hydrogens (primary N) is 1. The third kappa shape index (κ3) is 3.35. The molecule has 17 heavy (non-hydrogen) atoms. The lowest BCUT2D eigenvalue weighted by molar-refractivity contribution is 0.0930. The van der Waals surface area contributed by atoms with Crippen LogP contribution in [0.3, 0.4) is 0 Å². The minimum atomic E-state index is -0.736. The van der Waals surface area contributed by atoms with Gasteiger partial charge in [-0.25, -0.2) is 0 Å². The summed E-state index contributed by atoms with van der Waals surface area (Å²) >= 11 is 0. The lowest BCUT2D eigenvalue weighted by atomic mass is 10.0. The molecule has 0 heterocycles. The molecule has 88 valence electrons. The molecule has 1 rings (SSSR count). The molecule has 0 aromatic heterocycles. The minimum absolute atomic E-state index is 0.288. The molecule has 0 saturated carbocycles. The van der Waals surface area contributed by atoms with Crippen LogP contribution in [0.2, 0.25) is 0 Å². The van der Waals surface area contributed by atoms with Crippen molar-refractivity contribution in [2.24, 2.45) is 5.73 Å². The number of hydrogen-bond donors (Lipinski definition) is 2. The van der Waals surface area contributed by atoms with E-state index in [-0.39, 0.29) is 11.5 Å². The summed E-state index contributed by atoms with van der Waals surface area (Å²) in [4.78, 5) is 22.8. The van der Waals surface area contributed by atoms with Crippen molar-refractivity contribution >= 4 is 11.8 Å². The van der Waals surface area contributed by atoms with E-state index in [4.69, 9.17) is 12.2 Å². The van der Waals surface area contributed by atoms with E-state index in [9.17, 15) is 9.59 Å². The van der Waals surface area contributed by atoms with Gasteiger partial charge in [0.25, 0.3) is 5.91 Å². The highest BCUT2D eigenvalue weighted by molar-refractivity contribution is 5.99. The van der Waals surface area contributed by atoms with E-state index in [0.29, 0.717) is 5.56 Å². The molecule has 4 nitrogen and oxygen atoms in total. The highest BCUT2D eigenvalue weighted by atomic mass is 16.2. The van der Waals surface area contributed by atoms with E-state index in [2.05, 4.69) is 11.2 Å². The van der Waals surface area contributed by atoms with Crippen molar-refractivity contribution in [3.8, 4) is 12.3 Å². The Bertz CT molecular complexity index is 498. The molecule has 0 aliphatic heterocycles. The number of hydrogen-bond acceptors (Lipinski definition) is 2. The first-order valence-corrected chi connectivity index (χ1v) is 5.06. The Morgan fingerprint density at radius 2 is 1.94 bits per heavy atom. The molecule has 0 unspecified atom stereocenters. The summed E-state index contributed by atoms with van der Waals surface area (Å²) in [5.41, 5.74) is 5.04. The van der Waals surface area contributed by atoms with Crippen LogP contribution >= 0.6 is 0 Å². The molecule has 1 aromatic carbocycles. The van der Waals surface area contributed by atoms with Gasteiger partial charge in [-0.1, -0.05) is 12.0 Å². The van der Waals surface area contributed by atoms with Gasteiger partial charge in [0.2, 0.25) is 5.91 Å². The van der Waals surface area contributed by atoms with Crippen LogP contribution in [-0.4, -0.2) is 17.4 Å². The van der Waals surface area contributed by atoms with Gasteiger partial charge in [-0.2, -0.15) is 0 Å². The Labute approximate surface area is 100 Å². The molecule has 0 aliphatic rings. The second-order valence-corrected chi connectivity index (χ2v) is 4.17. The van der Waals surface area contributed by atoms with Crippen LogP contribution < -0.4 is 11.1 Å². The van der Waals surface area contributed by atoms with Gasteiger partial charge >= 0.3 is 0 Å². The monoisotopic (exact) mass is 230 g/mol. The lowest BCUT2D eigenvalue weighted by Crippen LogP contribution is -2.42. The van der Waals surface area contributed by atoms with Crippen molar-refractivity contribution in [1.29, 1.82) is 0 Å². The number of primary amides is 1. The number of rotatable bonds is 3. The van der Waals surface area contributed by atoms with Crippen LogP contribution in [0.4, 0.5) is 0 Å². The third-order valence-electron chi connectivity index (χ3n) is 2.20. The molecule has 0 fully saturated rings. The van der Waals surface area contributed by atoms with Gasteiger partial charge in [-0.15, -0.1) is 6.42 Å². The summed E-state index contributed by atoms with van der Waals surface area (Å²) in [7, 11) is 0. The van der Waals surface area contributed by atoms with E-state index in [1.54, 1.807) is 32.0 Å². The maximum absolute atomic E-state index is 11.8. The van der Waals surface area contributed by atoms with Crippen molar-refractivity contribution in [3.05, 3.63) is 35.4 Å². The van der Waals surface area contributed by atoms with Crippen LogP contribution in [0.1, 0.15) is 34.6 Å². The van der Waals surface area contributed by atoms with E-state index in [1.165, 1.54) is 6.07 Å². The van der Waals surface area contributed by atoms with E-state index >= 15 is 0 Å². The fraction of sp³-hybridized carbons (Fsp3) is 0.231. The van der Waals surface area contributed by atoms with Gasteiger partial charge < -0.3 is 11.1 Å². The first kappa shape index (κ1) is 12.8. The van der Waals surface area contributed by atoms with Crippen molar-refractivity contribution in [1.82, 2.24) is 5.32 Å². The summed E-state index contributed by atoms with van der Waals surface area (Å²) < 4.78 is 0. The summed E-state index contributed by atoms with van der Waals surface area (Å²) in [5.74, 6) is 1.55. The normalized spacial score (nSPS) is 10.4. The number of nitrogens with one attached hydrogen (secondary N) is 1. The lowest BCUT2D eigenvalue weighted by Gasteiger charge is -2.19. The molecule has 2 amide bonds. The maximum atomic E-state index is 11.8. The first-order valence-electron chi connectivity index (χ1n) is 5.06. The van der Waals surface area contributed by atoms with Crippen LogP contribution in [-0.2, 0) is 0 Å². The van der Waals surface area contributed by atoms with Gasteiger partial charge in [0, 0.05) is 11.1 Å². The standard InChI is InChI=1S/C13H14N2O2/c1-4-13(2,3)15-12(17)10-7-5-6-9(8-10)11(14)16/h1,5-8H,2-3H3,(H2,14,16)(H,15,17). The Morgan fingerprint density at radius 1 is 1.35 bits per heavy atom. The summed E-state index contributed by atoms with van der Waals surface area (Å²) in [6.45, 7) is 3.42. The third-order valence-corrected chi connectivity index (χ3v) is 2.20. The predicted octanol–water partition coefficient (Wildman–Crippen LogP) is 0.927. The van der Waals surface area contributed by atoms with Gasteiger partial charge in [0.1, 0.15) is 0 Å². The minimum Gasteiger partial charge on any atom is -0.366 e. The van der Waals surface area contributed by atoms with E-state index in [0.717, 1.165) is 0 Å². The SMILES string of the molecule is C#CC(C)(C)NC(=O)c1cccc(C(N)=O)c1. The number of carbonyl (C=O) groups is 2. The zero-order valence-electron chi connectivity index (χ0n) is 9.78. The number of amides is 2. The Balaban J connectivity index is 2.95. The highest BCUT2D eigenvalue weighted by Gasteiger charge is 2.18. The zero-order valence-corrected chi connectivity index (χ0v) is 9.78. The Morgan fingerprint density at radius 3 is 2.47 bits per heavy atom. The molecule has 4 heteroatoms. The molecule has 0 spiro atoms. The van der Waals surface area contributed by atoms with Gasteiger partial charge in [-0.05, 0) is 32.0 Å². The van der Waals surface area contributed by atoms with Gasteiger partial charge in [0.05, 0.1) is 5.54 Å². The van der Waals surface area contributed by atoms with Crippen LogP contribution in [0.15, 0.2) is 24.3 Å². The number of carbonyl (C=O) groups excluding carboxylic acids is 2. The van der Waals surface area contributed by atoms with Crippen LogP contribution in [0, 0.1) is 12.3 Å². The average Bonchev–Trinajstić information content (AvgIpc) is 2.28. The van der Waals surface area contributed by atoms with Gasteiger partial charge in [-0.3, -0.25) is 9.59 Å². The van der Waals surface area contributed by atoms with E-state index < -0.39 is 11.4 Å². The predicted molar refractivity (Wildman–Crippen MR) is 65.3 cm³/mol. The molecule has 3 N–H and O–H groups in total. The number of benzene rings is 1. The zero-order chi connectivity index (χ0) is 13.1. The Kier molecular flexibility index (Phi) is 3.54. The fourth-order valence-electron chi connectivity index (χ4n) is 1.21. The van der Waals surface area contributed by atoms with Crippen LogP contribution in [0.5, 0.6) is 0 Å². The van der Waals surface area contributed by atoms with Crippen molar-refractivity contribution in [2.75, 3.05) is 0 Å². The smallest absolute Gasteiger partial charge is 0.252 e. The topological polar surface area (TPSA) is 72.2 Å². The molecule has 0 atom stereocenters. The van der Waals surface area contributed by atoms with Gasteiger partial charge in [0.15, 0.2) is 0 Å². The first-order chi connectivity index (χ1) is 7.85. The molecule has 0 bridgehead atoms. The molecular weight excluding hydrogens is 216 g/mol. The highest BCUT2D eigenvalue weighted by Crippen LogP contribution is 2.07. The quantitative estimate of drug-likeness (QED) is 0.758. The average molecular weight is 230 g/mol. The Hall–Kier alpha value is -2.28. The summed E-state index contributed by atoms with van der Waals surface area (Å²) in [6, 6.07) is 6.17. The molecule has 0 aliphatic carbocycles. The van der Waals surface area contributed by atoms with E-state index in [1.807, 2.05) is 0 Å². The van der Waals surface area contributed by atoms with Crippen LogP contribution in [0.25, 0.3) is 0 Å². The fourth-order valence-corrected chi connectivity index (χ4v) is 1.21. The summed E-state index contributed by atoms with van der Waals surface area (Å²) in [6.07, 6.45) is 5.27. The second kappa shape index (κ2) is 4.71. The van der Waals surface area contributed by atoms with Crippen molar-refractivity contribution < 1.29 is 9.59 Å². The number of terminal acetylenes is 1. The molecule has 1 aromatic rings. The van der Waals surface area contributed by atoms with Crippen molar-refractivity contribution in [3.63, 3.8) is 0 Å². The summed E-state index contributed by atoms with van der Waals surface area (Å²) in [5, 5.41) is 2.66. The van der Waals surface area contributed by atoms with Crippen molar-refractivity contribution in [2.45, 2.75) is 19.4 Å². The largest absolute Gasteiger partial charge is 0.366 e. The molecule has 0 radical (unpaired) electrons. The second-order valence-electron chi connectivity index (χ2n) is 4.17. The molecule has 0 saturated heterocycles. The molecular formula is C13H14N2O2. The maximum Gasteiger partial charge on any atom is 0.252 e.